The van der Waals surface area contributed by atoms with E-state index < -0.39 is 0 Å². The number of rotatable bonds is 3. The summed E-state index contributed by atoms with van der Waals surface area (Å²) in [6.07, 6.45) is 3.17. The quantitative estimate of drug-likeness (QED) is 0.768. The van der Waals surface area contributed by atoms with Crippen LogP contribution in [0.4, 0.5) is 4.39 Å². The van der Waals surface area contributed by atoms with E-state index in [2.05, 4.69) is 4.98 Å². The molecule has 0 atom stereocenters. The second kappa shape index (κ2) is 5.15. The van der Waals surface area contributed by atoms with Gasteiger partial charge >= 0.3 is 0 Å². The third kappa shape index (κ3) is 2.74. The molecule has 0 unspecified atom stereocenters. The number of ether oxygens (including phenoxy) is 1. The smallest absolute Gasteiger partial charge is 0.168 e. The van der Waals surface area contributed by atoms with E-state index in [4.69, 9.17) is 16.3 Å². The SMILES string of the molecule is Cc1cccc(Oc2cncc(CCl)c2)c1F. The van der Waals surface area contributed by atoms with Crippen molar-refractivity contribution in [2.75, 3.05) is 0 Å². The minimum atomic E-state index is -0.358. The molecule has 0 aliphatic heterocycles. The zero-order valence-electron chi connectivity index (χ0n) is 9.28. The minimum absolute atomic E-state index is 0.193. The predicted molar refractivity (Wildman–Crippen MR) is 65.0 cm³/mol. The van der Waals surface area contributed by atoms with Crippen molar-refractivity contribution in [3.8, 4) is 11.5 Å². The number of nitrogens with zero attached hydrogens (tertiary/aromatic N) is 1. The standard InChI is InChI=1S/C13H11ClFNO/c1-9-3-2-4-12(13(9)15)17-11-5-10(6-14)7-16-8-11/h2-5,7-8H,6H2,1H3. The van der Waals surface area contributed by atoms with Gasteiger partial charge in [0.15, 0.2) is 11.6 Å². The highest BCUT2D eigenvalue weighted by Crippen LogP contribution is 2.26. The van der Waals surface area contributed by atoms with Crippen molar-refractivity contribution in [3.05, 3.63) is 53.6 Å². The molecule has 1 aromatic heterocycles. The molecule has 17 heavy (non-hydrogen) atoms. The van der Waals surface area contributed by atoms with Crippen LogP contribution in [0.3, 0.4) is 0 Å². The first kappa shape index (κ1) is 11.9. The summed E-state index contributed by atoms with van der Waals surface area (Å²) in [6.45, 7) is 1.69. The number of aromatic nitrogens is 1. The average molecular weight is 252 g/mol. The van der Waals surface area contributed by atoms with Crippen LogP contribution in [0.15, 0.2) is 36.7 Å². The highest BCUT2D eigenvalue weighted by atomic mass is 35.5. The second-order valence-electron chi connectivity index (χ2n) is 3.65. The van der Waals surface area contributed by atoms with Gasteiger partial charge in [-0.3, -0.25) is 4.98 Å². The van der Waals surface area contributed by atoms with Crippen molar-refractivity contribution in [3.63, 3.8) is 0 Å². The molecule has 0 radical (unpaired) electrons. The highest BCUT2D eigenvalue weighted by molar-refractivity contribution is 6.17. The lowest BCUT2D eigenvalue weighted by Crippen LogP contribution is -1.92. The molecule has 88 valence electrons. The van der Waals surface area contributed by atoms with Crippen molar-refractivity contribution < 1.29 is 9.13 Å². The van der Waals surface area contributed by atoms with Gasteiger partial charge in [-0.05, 0) is 30.2 Å². The van der Waals surface area contributed by atoms with E-state index in [1.54, 1.807) is 37.4 Å². The lowest BCUT2D eigenvalue weighted by atomic mass is 10.2. The van der Waals surface area contributed by atoms with Crippen LogP contribution in [0.25, 0.3) is 0 Å². The Balaban J connectivity index is 2.28. The van der Waals surface area contributed by atoms with E-state index in [-0.39, 0.29) is 11.6 Å². The predicted octanol–water partition coefficient (Wildman–Crippen LogP) is 4.06. The first-order chi connectivity index (χ1) is 8.20. The summed E-state index contributed by atoms with van der Waals surface area (Å²) >= 11 is 5.69. The normalized spacial score (nSPS) is 10.3. The fourth-order valence-corrected chi connectivity index (χ4v) is 1.57. The average Bonchev–Trinajstić information content (AvgIpc) is 2.35. The van der Waals surface area contributed by atoms with Crippen LogP contribution < -0.4 is 4.74 Å². The summed E-state index contributed by atoms with van der Waals surface area (Å²) in [5.74, 6) is 0.662. The third-order valence-electron chi connectivity index (χ3n) is 2.31. The van der Waals surface area contributed by atoms with E-state index in [1.807, 2.05) is 0 Å². The molecule has 2 rings (SSSR count). The molecule has 2 aromatic rings. The van der Waals surface area contributed by atoms with Crippen LogP contribution in [-0.2, 0) is 5.88 Å². The Morgan fingerprint density at radius 3 is 2.94 bits per heavy atom. The van der Waals surface area contributed by atoms with Crippen LogP contribution in [-0.4, -0.2) is 4.98 Å². The Bertz CT molecular complexity index is 531. The van der Waals surface area contributed by atoms with Crippen LogP contribution in [0, 0.1) is 12.7 Å². The second-order valence-corrected chi connectivity index (χ2v) is 3.92. The maximum atomic E-state index is 13.7. The van der Waals surface area contributed by atoms with Gasteiger partial charge in [-0.1, -0.05) is 12.1 Å². The maximum absolute atomic E-state index is 13.7. The Morgan fingerprint density at radius 2 is 2.18 bits per heavy atom. The van der Waals surface area contributed by atoms with E-state index >= 15 is 0 Å². The number of halogens is 2. The zero-order chi connectivity index (χ0) is 12.3. The molecule has 0 spiro atoms. The fourth-order valence-electron chi connectivity index (χ4n) is 1.42. The Labute approximate surface area is 104 Å². The summed E-state index contributed by atoms with van der Waals surface area (Å²) in [5, 5.41) is 0. The summed E-state index contributed by atoms with van der Waals surface area (Å²) < 4.78 is 19.1. The number of alkyl halides is 1. The van der Waals surface area contributed by atoms with Gasteiger partial charge in [0.05, 0.1) is 6.20 Å². The molecule has 2 nitrogen and oxygen atoms in total. The number of hydrogen-bond acceptors (Lipinski definition) is 2. The Kier molecular flexibility index (Phi) is 3.59. The topological polar surface area (TPSA) is 22.1 Å². The number of hydrogen-bond donors (Lipinski definition) is 0. The van der Waals surface area contributed by atoms with Crippen molar-refractivity contribution in [1.29, 1.82) is 0 Å². The van der Waals surface area contributed by atoms with E-state index in [0.29, 0.717) is 17.2 Å². The van der Waals surface area contributed by atoms with Gasteiger partial charge in [-0.15, -0.1) is 11.6 Å². The van der Waals surface area contributed by atoms with Crippen LogP contribution in [0.1, 0.15) is 11.1 Å². The first-order valence-electron chi connectivity index (χ1n) is 5.13. The van der Waals surface area contributed by atoms with Gasteiger partial charge in [0, 0.05) is 12.1 Å². The molecule has 0 saturated carbocycles. The van der Waals surface area contributed by atoms with Crippen LogP contribution in [0.2, 0.25) is 0 Å². The number of aryl methyl sites for hydroxylation is 1. The lowest BCUT2D eigenvalue weighted by Gasteiger charge is -2.08. The van der Waals surface area contributed by atoms with Crippen molar-refractivity contribution in [2.24, 2.45) is 0 Å². The van der Waals surface area contributed by atoms with Gasteiger partial charge in [0.2, 0.25) is 0 Å². The van der Waals surface area contributed by atoms with Crippen LogP contribution in [0.5, 0.6) is 11.5 Å². The molecule has 0 N–H and O–H groups in total. The molecule has 1 aromatic carbocycles. The van der Waals surface area contributed by atoms with Gasteiger partial charge in [0.25, 0.3) is 0 Å². The van der Waals surface area contributed by atoms with E-state index in [0.717, 1.165) is 5.56 Å². The van der Waals surface area contributed by atoms with Gasteiger partial charge in [-0.25, -0.2) is 4.39 Å². The summed E-state index contributed by atoms with van der Waals surface area (Å²) in [7, 11) is 0. The Morgan fingerprint density at radius 1 is 1.35 bits per heavy atom. The van der Waals surface area contributed by atoms with E-state index in [9.17, 15) is 4.39 Å². The fraction of sp³-hybridized carbons (Fsp3) is 0.154. The molecule has 0 aliphatic carbocycles. The molecule has 1 heterocycles. The minimum Gasteiger partial charge on any atom is -0.453 e. The zero-order valence-corrected chi connectivity index (χ0v) is 10.0. The summed E-state index contributed by atoms with van der Waals surface area (Å²) in [4.78, 5) is 3.97. The maximum Gasteiger partial charge on any atom is 0.168 e. The lowest BCUT2D eigenvalue weighted by molar-refractivity contribution is 0.438. The molecule has 0 amide bonds. The summed E-state index contributed by atoms with van der Waals surface area (Å²) in [6, 6.07) is 6.75. The summed E-state index contributed by atoms with van der Waals surface area (Å²) in [5.41, 5.74) is 1.38. The van der Waals surface area contributed by atoms with Crippen LogP contribution >= 0.6 is 11.6 Å². The van der Waals surface area contributed by atoms with E-state index in [1.165, 1.54) is 6.20 Å². The van der Waals surface area contributed by atoms with Gasteiger partial charge in [0.1, 0.15) is 5.75 Å². The number of pyridine rings is 1. The third-order valence-corrected chi connectivity index (χ3v) is 2.62. The molecular formula is C13H11ClFNO. The molecule has 0 saturated heterocycles. The first-order valence-corrected chi connectivity index (χ1v) is 5.67. The molecule has 0 fully saturated rings. The molecule has 4 heteroatoms. The van der Waals surface area contributed by atoms with Crippen molar-refractivity contribution >= 4 is 11.6 Å². The Hall–Kier alpha value is -1.61. The highest BCUT2D eigenvalue weighted by Gasteiger charge is 2.07. The van der Waals surface area contributed by atoms with Gasteiger partial charge in [-0.2, -0.15) is 0 Å². The molecular weight excluding hydrogens is 241 g/mol. The largest absolute Gasteiger partial charge is 0.453 e. The molecule has 0 bridgehead atoms. The van der Waals surface area contributed by atoms with Crippen molar-refractivity contribution in [2.45, 2.75) is 12.8 Å². The molecule has 0 aliphatic rings. The van der Waals surface area contributed by atoms with Crippen molar-refractivity contribution in [1.82, 2.24) is 4.98 Å². The monoisotopic (exact) mass is 251 g/mol. The number of benzene rings is 1. The van der Waals surface area contributed by atoms with Gasteiger partial charge < -0.3 is 4.74 Å².